The molecule has 5 rings (SSSR count). The third-order valence-corrected chi connectivity index (χ3v) is 6.97. The highest BCUT2D eigenvalue weighted by Crippen LogP contribution is 2.37. The molecule has 0 spiro atoms. The van der Waals surface area contributed by atoms with E-state index in [0.717, 1.165) is 27.8 Å². The van der Waals surface area contributed by atoms with Crippen molar-refractivity contribution in [3.05, 3.63) is 156 Å². The summed E-state index contributed by atoms with van der Waals surface area (Å²) in [5, 5.41) is 3.68. The number of hydrogen-bond donors (Lipinski definition) is 2. The molecule has 0 heterocycles. The average Bonchev–Trinajstić information content (AvgIpc) is 3.02. The Morgan fingerprint density at radius 2 is 1.20 bits per heavy atom. The zero-order valence-corrected chi connectivity index (χ0v) is 22.4. The van der Waals surface area contributed by atoms with Gasteiger partial charge in [-0.1, -0.05) is 115 Å². The van der Waals surface area contributed by atoms with Crippen LogP contribution in [0, 0.1) is 0 Å². The lowest BCUT2D eigenvalue weighted by molar-refractivity contribution is -0.144. The van der Waals surface area contributed by atoms with Crippen LogP contribution in [0.3, 0.4) is 0 Å². The summed E-state index contributed by atoms with van der Waals surface area (Å²) in [5.74, 6) is 0.222. The quantitative estimate of drug-likeness (QED) is 0.124. The molecule has 200 valence electrons. The normalized spacial score (nSPS) is 11.9. The fourth-order valence-corrected chi connectivity index (χ4v) is 5.05. The first kappa shape index (κ1) is 26.7. The summed E-state index contributed by atoms with van der Waals surface area (Å²) < 4.78 is 11.5. The lowest BCUT2D eigenvalue weighted by Crippen LogP contribution is -2.55. The fourth-order valence-electron chi connectivity index (χ4n) is 5.05. The summed E-state index contributed by atoms with van der Waals surface area (Å²) in [6.45, 7) is 0.0569. The van der Waals surface area contributed by atoms with Gasteiger partial charge in [0.05, 0.1) is 12.6 Å². The molecular formula is C35H32N2O3. The van der Waals surface area contributed by atoms with Crippen LogP contribution in [0.15, 0.2) is 140 Å². The third-order valence-electron chi connectivity index (χ3n) is 6.97. The van der Waals surface area contributed by atoms with Crippen LogP contribution in [0.5, 0.6) is 5.75 Å². The Hall–Kier alpha value is -4.87. The van der Waals surface area contributed by atoms with Gasteiger partial charge in [-0.25, -0.2) is 0 Å². The predicted octanol–water partition coefficient (Wildman–Crippen LogP) is 6.44. The number of nitrogens with two attached hydrogens (primary N) is 1. The van der Waals surface area contributed by atoms with Gasteiger partial charge in [0.2, 0.25) is 0 Å². The maximum Gasteiger partial charge on any atom is 0.326 e. The minimum absolute atomic E-state index is 0.0569. The zero-order chi connectivity index (χ0) is 27.8. The molecule has 5 aromatic rings. The van der Waals surface area contributed by atoms with Gasteiger partial charge < -0.3 is 15.2 Å². The zero-order valence-electron chi connectivity index (χ0n) is 22.4. The molecule has 5 nitrogen and oxygen atoms in total. The fraction of sp³-hybridized carbons (Fsp3) is 0.114. The van der Waals surface area contributed by atoms with Crippen molar-refractivity contribution in [2.24, 2.45) is 0 Å². The van der Waals surface area contributed by atoms with E-state index in [1.165, 1.54) is 7.11 Å². The minimum atomic E-state index is -0.852. The van der Waals surface area contributed by atoms with E-state index < -0.39 is 17.6 Å². The Morgan fingerprint density at radius 1 is 0.700 bits per heavy atom. The Bertz CT molecular complexity index is 1440. The van der Waals surface area contributed by atoms with Crippen molar-refractivity contribution in [2.45, 2.75) is 11.6 Å². The van der Waals surface area contributed by atoms with Gasteiger partial charge in [-0.15, -0.1) is 0 Å². The molecule has 0 aliphatic heterocycles. The molecule has 0 aliphatic rings. The Kier molecular flexibility index (Phi) is 8.24. The van der Waals surface area contributed by atoms with Crippen LogP contribution in [0.25, 0.3) is 11.1 Å². The van der Waals surface area contributed by atoms with Crippen LogP contribution in [0.4, 0.5) is 5.69 Å². The van der Waals surface area contributed by atoms with Gasteiger partial charge in [0.1, 0.15) is 18.4 Å². The smallest absolute Gasteiger partial charge is 0.326 e. The topological polar surface area (TPSA) is 73.6 Å². The van der Waals surface area contributed by atoms with E-state index in [1.54, 1.807) is 0 Å². The number of rotatable bonds is 10. The summed E-state index contributed by atoms with van der Waals surface area (Å²) in [6.07, 6.45) is 0. The minimum Gasteiger partial charge on any atom is -0.491 e. The van der Waals surface area contributed by atoms with E-state index in [2.05, 4.69) is 41.7 Å². The molecular weight excluding hydrogens is 496 g/mol. The van der Waals surface area contributed by atoms with E-state index in [1.807, 2.05) is 103 Å². The molecule has 3 N–H and O–H groups in total. The van der Waals surface area contributed by atoms with Crippen molar-refractivity contribution >= 4 is 11.7 Å². The summed E-state index contributed by atoms with van der Waals surface area (Å²) in [7, 11) is 1.40. The summed E-state index contributed by atoms with van der Waals surface area (Å²) >= 11 is 0. The van der Waals surface area contributed by atoms with Gasteiger partial charge in [-0.05, 0) is 52.1 Å². The molecule has 5 aromatic carbocycles. The summed E-state index contributed by atoms with van der Waals surface area (Å²) in [6, 6.07) is 45.0. The van der Waals surface area contributed by atoms with E-state index in [9.17, 15) is 4.79 Å². The summed E-state index contributed by atoms with van der Waals surface area (Å²) in [5.41, 5.74) is 10.8. The number of esters is 1. The molecule has 0 saturated carbocycles. The number of nitrogens with one attached hydrogen (secondary N) is 1. The molecule has 0 aromatic heterocycles. The van der Waals surface area contributed by atoms with Crippen molar-refractivity contribution in [3.63, 3.8) is 0 Å². The molecule has 0 radical (unpaired) electrons. The van der Waals surface area contributed by atoms with Crippen LogP contribution in [-0.4, -0.2) is 25.7 Å². The van der Waals surface area contributed by atoms with Crippen molar-refractivity contribution in [3.8, 4) is 16.9 Å². The second-order valence-electron chi connectivity index (χ2n) is 9.53. The lowest BCUT2D eigenvalue weighted by Gasteiger charge is -2.39. The predicted molar refractivity (Wildman–Crippen MR) is 160 cm³/mol. The Labute approximate surface area is 235 Å². The highest BCUT2D eigenvalue weighted by Gasteiger charge is 2.40. The van der Waals surface area contributed by atoms with Crippen LogP contribution < -0.4 is 15.8 Å². The Balaban J connectivity index is 1.53. The second-order valence-corrected chi connectivity index (χ2v) is 9.53. The van der Waals surface area contributed by atoms with E-state index in [0.29, 0.717) is 11.4 Å². The molecule has 0 fully saturated rings. The number of carbonyl (C=O) groups excluding carboxylic acids is 1. The number of hydrogen-bond acceptors (Lipinski definition) is 5. The van der Waals surface area contributed by atoms with Crippen LogP contribution in [0.2, 0.25) is 0 Å². The number of carbonyl (C=O) groups is 1. The lowest BCUT2D eigenvalue weighted by atomic mass is 9.76. The van der Waals surface area contributed by atoms with Gasteiger partial charge in [0, 0.05) is 5.69 Å². The number of nitrogen functional groups attached to an aromatic ring is 1. The number of ether oxygens (including phenoxy) is 2. The van der Waals surface area contributed by atoms with Crippen LogP contribution >= 0.6 is 0 Å². The number of methoxy groups -OCH3 is 1. The average molecular weight is 529 g/mol. The first-order valence-corrected chi connectivity index (χ1v) is 13.2. The number of anilines is 1. The van der Waals surface area contributed by atoms with Crippen molar-refractivity contribution in [2.75, 3.05) is 19.5 Å². The first-order chi connectivity index (χ1) is 19.6. The maximum absolute atomic E-state index is 13.3. The van der Waals surface area contributed by atoms with Crippen molar-refractivity contribution < 1.29 is 14.3 Å². The van der Waals surface area contributed by atoms with Gasteiger partial charge in [-0.2, -0.15) is 0 Å². The van der Waals surface area contributed by atoms with Crippen molar-refractivity contribution in [1.29, 1.82) is 0 Å². The molecule has 0 unspecified atom stereocenters. The first-order valence-electron chi connectivity index (χ1n) is 13.2. The molecule has 5 heteroatoms. The highest BCUT2D eigenvalue weighted by atomic mass is 16.5. The highest BCUT2D eigenvalue weighted by molar-refractivity contribution is 5.76. The van der Waals surface area contributed by atoms with E-state index in [4.69, 9.17) is 15.2 Å². The largest absolute Gasteiger partial charge is 0.491 e. The molecule has 1 atom stereocenters. The Morgan fingerprint density at radius 3 is 1.70 bits per heavy atom. The third kappa shape index (κ3) is 5.75. The van der Waals surface area contributed by atoms with Gasteiger partial charge in [0.25, 0.3) is 0 Å². The standard InChI is InChI=1S/C35H32N2O3/c1-39-34(38)33(25-40-32-22-12-14-27(24-32)26-13-11-21-31(36)23-26)37-35(28-15-5-2-6-16-28,29-17-7-3-8-18-29)30-19-9-4-10-20-30/h2-24,33,37H,25,36H2,1H3/t33-/m0/s1. The van der Waals surface area contributed by atoms with E-state index in [-0.39, 0.29) is 6.61 Å². The molecule has 0 amide bonds. The maximum atomic E-state index is 13.3. The second kappa shape index (κ2) is 12.3. The molecule has 0 aliphatic carbocycles. The molecule has 0 saturated heterocycles. The monoisotopic (exact) mass is 528 g/mol. The van der Waals surface area contributed by atoms with Crippen LogP contribution in [0.1, 0.15) is 16.7 Å². The van der Waals surface area contributed by atoms with Gasteiger partial charge >= 0.3 is 5.97 Å². The summed E-state index contributed by atoms with van der Waals surface area (Å²) in [4.78, 5) is 13.3. The van der Waals surface area contributed by atoms with E-state index >= 15 is 0 Å². The van der Waals surface area contributed by atoms with Crippen molar-refractivity contribution in [1.82, 2.24) is 5.32 Å². The van der Waals surface area contributed by atoms with Gasteiger partial charge in [-0.3, -0.25) is 10.1 Å². The molecule has 0 bridgehead atoms. The number of benzene rings is 5. The SMILES string of the molecule is COC(=O)[C@H](COc1cccc(-c2cccc(N)c2)c1)NC(c1ccccc1)(c1ccccc1)c1ccccc1. The van der Waals surface area contributed by atoms with Crippen LogP contribution in [-0.2, 0) is 15.1 Å². The van der Waals surface area contributed by atoms with Gasteiger partial charge in [0.15, 0.2) is 0 Å². The molecule has 40 heavy (non-hydrogen) atoms.